The largest absolute Gasteiger partial charge is 0.375 e. The fourth-order valence-corrected chi connectivity index (χ4v) is 3.66. The van der Waals surface area contributed by atoms with Gasteiger partial charge in [-0.3, -0.25) is 5.32 Å². The molecule has 1 aromatic rings. The summed E-state index contributed by atoms with van der Waals surface area (Å²) in [6, 6.07) is 7.98. The van der Waals surface area contributed by atoms with Crippen molar-refractivity contribution in [3.63, 3.8) is 0 Å². The van der Waals surface area contributed by atoms with Crippen molar-refractivity contribution >= 4 is 11.6 Å². The molecule has 3 aliphatic heterocycles. The molecule has 3 saturated heterocycles. The Morgan fingerprint density at radius 1 is 1.30 bits per heavy atom. The molecule has 0 aromatic heterocycles. The van der Waals surface area contributed by atoms with Gasteiger partial charge in [-0.05, 0) is 25.3 Å². The summed E-state index contributed by atoms with van der Waals surface area (Å²) >= 11 is 6.33. The van der Waals surface area contributed by atoms with Gasteiger partial charge in [-0.25, -0.2) is 10.4 Å². The molecule has 4 rings (SSSR count). The van der Waals surface area contributed by atoms with Gasteiger partial charge in [0.25, 0.3) is 0 Å². The van der Waals surface area contributed by atoms with Crippen molar-refractivity contribution in [1.29, 1.82) is 0 Å². The SMILES string of the molecule is Clc1ccccc1C1NC2(C3CCCCO3)CN1NN2. The number of hydrogen-bond acceptors (Lipinski definition) is 5. The molecule has 0 radical (unpaired) electrons. The van der Waals surface area contributed by atoms with Crippen LogP contribution in [0.1, 0.15) is 31.0 Å². The van der Waals surface area contributed by atoms with Crippen molar-refractivity contribution in [1.82, 2.24) is 21.3 Å². The first kappa shape index (κ1) is 13.0. The van der Waals surface area contributed by atoms with Gasteiger partial charge in [0.1, 0.15) is 11.8 Å². The van der Waals surface area contributed by atoms with E-state index in [1.807, 2.05) is 18.2 Å². The molecule has 0 saturated carbocycles. The maximum Gasteiger partial charge on any atom is 0.125 e. The summed E-state index contributed by atoms with van der Waals surface area (Å²) in [6.07, 6.45) is 3.76. The molecule has 6 heteroatoms. The number of halogens is 1. The second-order valence-electron chi connectivity index (χ2n) is 5.76. The van der Waals surface area contributed by atoms with Crippen LogP contribution in [0.15, 0.2) is 24.3 Å². The fourth-order valence-electron chi connectivity index (χ4n) is 3.43. The molecule has 108 valence electrons. The zero-order valence-corrected chi connectivity index (χ0v) is 12.0. The number of nitrogens with zero attached hydrogens (tertiary/aromatic N) is 1. The van der Waals surface area contributed by atoms with Crippen LogP contribution in [-0.2, 0) is 4.74 Å². The molecule has 5 nitrogen and oxygen atoms in total. The summed E-state index contributed by atoms with van der Waals surface area (Å²) in [4.78, 5) is 0. The second kappa shape index (κ2) is 4.94. The molecule has 0 aliphatic carbocycles. The number of fused-ring (bicyclic) bond motifs is 2. The predicted octanol–water partition coefficient (Wildman–Crippen LogP) is 1.53. The van der Waals surface area contributed by atoms with Crippen LogP contribution in [0.3, 0.4) is 0 Å². The summed E-state index contributed by atoms with van der Waals surface area (Å²) < 4.78 is 5.97. The van der Waals surface area contributed by atoms with Crippen molar-refractivity contribution in [2.75, 3.05) is 13.2 Å². The Morgan fingerprint density at radius 2 is 2.20 bits per heavy atom. The first-order valence-electron chi connectivity index (χ1n) is 7.22. The standard InChI is InChI=1S/C14H19ClN4O/c15-11-6-2-1-5-10(11)13-16-14(9-19(13)18-17-14)12-7-3-4-8-20-12/h1-2,5-6,12-13,16-18H,3-4,7-9H2. The van der Waals surface area contributed by atoms with Crippen molar-refractivity contribution in [3.05, 3.63) is 34.9 Å². The van der Waals surface area contributed by atoms with E-state index in [0.29, 0.717) is 0 Å². The van der Waals surface area contributed by atoms with Crippen molar-refractivity contribution in [2.45, 2.75) is 37.2 Å². The normalized spacial score (nSPS) is 40.1. The van der Waals surface area contributed by atoms with Gasteiger partial charge in [0.2, 0.25) is 0 Å². The maximum absolute atomic E-state index is 6.33. The number of ether oxygens (including phenoxy) is 1. The Kier molecular flexibility index (Phi) is 3.22. The average Bonchev–Trinajstić information content (AvgIpc) is 3.08. The molecule has 0 amide bonds. The quantitative estimate of drug-likeness (QED) is 0.772. The van der Waals surface area contributed by atoms with Crippen LogP contribution in [0.5, 0.6) is 0 Å². The summed E-state index contributed by atoms with van der Waals surface area (Å²) in [5.41, 5.74) is 7.49. The maximum atomic E-state index is 6.33. The van der Waals surface area contributed by atoms with Crippen LogP contribution in [0.2, 0.25) is 5.02 Å². The Bertz CT molecular complexity index is 508. The zero-order chi connectivity index (χ0) is 13.6. The lowest BCUT2D eigenvalue weighted by Crippen LogP contribution is -2.67. The summed E-state index contributed by atoms with van der Waals surface area (Å²) in [5.74, 6) is 0. The highest BCUT2D eigenvalue weighted by molar-refractivity contribution is 6.31. The lowest BCUT2D eigenvalue weighted by atomic mass is 9.97. The summed E-state index contributed by atoms with van der Waals surface area (Å²) in [6.45, 7) is 1.72. The van der Waals surface area contributed by atoms with Gasteiger partial charge in [0, 0.05) is 17.2 Å². The van der Waals surface area contributed by atoms with Gasteiger partial charge in [0.05, 0.1) is 12.6 Å². The third-order valence-corrected chi connectivity index (χ3v) is 4.82. The van der Waals surface area contributed by atoms with Crippen LogP contribution in [0.4, 0.5) is 0 Å². The highest BCUT2D eigenvalue weighted by Gasteiger charge is 2.54. The van der Waals surface area contributed by atoms with Gasteiger partial charge in [-0.15, -0.1) is 0 Å². The average molecular weight is 295 g/mol. The highest BCUT2D eigenvalue weighted by Crippen LogP contribution is 2.37. The van der Waals surface area contributed by atoms with Gasteiger partial charge in [-0.1, -0.05) is 29.8 Å². The van der Waals surface area contributed by atoms with Crippen molar-refractivity contribution in [3.8, 4) is 0 Å². The Morgan fingerprint density at radius 3 is 3.00 bits per heavy atom. The van der Waals surface area contributed by atoms with Crippen LogP contribution < -0.4 is 16.3 Å². The van der Waals surface area contributed by atoms with Gasteiger partial charge in [0.15, 0.2) is 0 Å². The molecular formula is C14H19ClN4O. The van der Waals surface area contributed by atoms with E-state index in [2.05, 4.69) is 27.4 Å². The Balaban J connectivity index is 1.60. The van der Waals surface area contributed by atoms with Crippen molar-refractivity contribution in [2.24, 2.45) is 0 Å². The fraction of sp³-hybridized carbons (Fsp3) is 0.571. The zero-order valence-electron chi connectivity index (χ0n) is 11.2. The molecular weight excluding hydrogens is 276 g/mol. The second-order valence-corrected chi connectivity index (χ2v) is 6.17. The monoisotopic (exact) mass is 294 g/mol. The number of nitrogens with one attached hydrogen (secondary N) is 3. The topological polar surface area (TPSA) is 48.6 Å². The van der Waals surface area contributed by atoms with E-state index < -0.39 is 0 Å². The number of rotatable bonds is 2. The van der Waals surface area contributed by atoms with Crippen LogP contribution in [0.25, 0.3) is 0 Å². The van der Waals surface area contributed by atoms with E-state index in [9.17, 15) is 0 Å². The number of hydrazine groups is 2. The summed E-state index contributed by atoms with van der Waals surface area (Å²) in [7, 11) is 0. The van der Waals surface area contributed by atoms with Crippen molar-refractivity contribution < 1.29 is 4.74 Å². The Labute approximate surface area is 123 Å². The molecule has 4 atom stereocenters. The molecule has 3 heterocycles. The van der Waals surface area contributed by atoms with E-state index in [4.69, 9.17) is 16.3 Å². The lowest BCUT2D eigenvalue weighted by molar-refractivity contribution is -0.0529. The minimum absolute atomic E-state index is 0.0791. The predicted molar refractivity (Wildman–Crippen MR) is 76.6 cm³/mol. The van der Waals surface area contributed by atoms with Crippen LogP contribution in [-0.4, -0.2) is 29.9 Å². The molecule has 3 N–H and O–H groups in total. The molecule has 4 unspecified atom stereocenters. The van der Waals surface area contributed by atoms with Gasteiger partial charge < -0.3 is 4.74 Å². The highest BCUT2D eigenvalue weighted by atomic mass is 35.5. The van der Waals surface area contributed by atoms with E-state index in [1.165, 1.54) is 6.42 Å². The lowest BCUT2D eigenvalue weighted by Gasteiger charge is -2.40. The molecule has 3 fully saturated rings. The third kappa shape index (κ3) is 1.97. The summed E-state index contributed by atoms with van der Waals surface area (Å²) in [5, 5.41) is 6.62. The van der Waals surface area contributed by atoms with E-state index in [0.717, 1.165) is 36.6 Å². The molecule has 0 spiro atoms. The minimum Gasteiger partial charge on any atom is -0.375 e. The van der Waals surface area contributed by atoms with E-state index in [1.54, 1.807) is 0 Å². The van der Waals surface area contributed by atoms with E-state index in [-0.39, 0.29) is 17.9 Å². The third-order valence-electron chi connectivity index (χ3n) is 4.48. The van der Waals surface area contributed by atoms with E-state index >= 15 is 0 Å². The Hall–Kier alpha value is -0.690. The molecule has 20 heavy (non-hydrogen) atoms. The molecule has 2 bridgehead atoms. The smallest absolute Gasteiger partial charge is 0.125 e. The molecule has 1 aromatic carbocycles. The minimum atomic E-state index is -0.218. The molecule has 3 aliphatic rings. The first-order chi connectivity index (χ1) is 9.78. The first-order valence-corrected chi connectivity index (χ1v) is 7.59. The number of benzene rings is 1. The number of hydrogen-bond donors (Lipinski definition) is 3. The van der Waals surface area contributed by atoms with Crippen LogP contribution >= 0.6 is 11.6 Å². The van der Waals surface area contributed by atoms with Gasteiger partial charge in [-0.2, -0.15) is 5.53 Å². The van der Waals surface area contributed by atoms with Crippen LogP contribution in [0, 0.1) is 0 Å². The van der Waals surface area contributed by atoms with Gasteiger partial charge >= 0.3 is 0 Å².